The fourth-order valence-electron chi connectivity index (χ4n) is 1.52. The summed E-state index contributed by atoms with van der Waals surface area (Å²) in [5.74, 6) is 0.550. The van der Waals surface area contributed by atoms with Crippen LogP contribution in [0.4, 0.5) is 19.1 Å². The van der Waals surface area contributed by atoms with Crippen LogP contribution in [0.1, 0.15) is 5.69 Å². The molecule has 2 rings (SSSR count). The Bertz CT molecular complexity index is 634. The number of nitrogens with zero attached hydrogens (tertiary/aromatic N) is 2. The summed E-state index contributed by atoms with van der Waals surface area (Å²) in [7, 11) is 2.99. The van der Waals surface area contributed by atoms with Gasteiger partial charge in [0.25, 0.3) is 0 Å². The van der Waals surface area contributed by atoms with E-state index in [9.17, 15) is 13.2 Å². The SMILES string of the molecule is CNc1nc(Sc2cccc(OC)c2)cc(C(F)(F)F)n1. The molecule has 0 saturated heterocycles. The van der Waals surface area contributed by atoms with Crippen LogP contribution in [0.2, 0.25) is 0 Å². The summed E-state index contributed by atoms with van der Waals surface area (Å²) in [6.45, 7) is 0. The molecule has 0 amide bonds. The first-order valence-corrected chi connectivity index (χ1v) is 6.70. The summed E-state index contributed by atoms with van der Waals surface area (Å²) in [5.41, 5.74) is -0.979. The van der Waals surface area contributed by atoms with Crippen LogP contribution in [0, 0.1) is 0 Å². The molecule has 0 radical (unpaired) electrons. The predicted molar refractivity (Wildman–Crippen MR) is 73.7 cm³/mol. The van der Waals surface area contributed by atoms with Crippen LogP contribution in [-0.2, 0) is 6.18 Å². The number of benzene rings is 1. The minimum Gasteiger partial charge on any atom is -0.497 e. The van der Waals surface area contributed by atoms with Crippen LogP contribution in [0.3, 0.4) is 0 Å². The van der Waals surface area contributed by atoms with Gasteiger partial charge in [0.2, 0.25) is 5.95 Å². The highest BCUT2D eigenvalue weighted by Gasteiger charge is 2.33. The lowest BCUT2D eigenvalue weighted by atomic mass is 10.3. The quantitative estimate of drug-likeness (QED) is 0.872. The van der Waals surface area contributed by atoms with Crippen LogP contribution < -0.4 is 10.1 Å². The Morgan fingerprint density at radius 3 is 2.57 bits per heavy atom. The molecule has 0 atom stereocenters. The van der Waals surface area contributed by atoms with Gasteiger partial charge in [-0.05, 0) is 18.2 Å². The largest absolute Gasteiger partial charge is 0.497 e. The van der Waals surface area contributed by atoms with Gasteiger partial charge >= 0.3 is 6.18 Å². The van der Waals surface area contributed by atoms with Gasteiger partial charge in [-0.3, -0.25) is 0 Å². The fourth-order valence-corrected chi connectivity index (χ4v) is 2.39. The van der Waals surface area contributed by atoms with Gasteiger partial charge in [0.05, 0.1) is 7.11 Å². The van der Waals surface area contributed by atoms with Crippen LogP contribution in [0.5, 0.6) is 5.75 Å². The molecule has 0 spiro atoms. The third kappa shape index (κ3) is 4.01. The van der Waals surface area contributed by atoms with Gasteiger partial charge in [-0.15, -0.1) is 0 Å². The van der Waals surface area contributed by atoms with Gasteiger partial charge < -0.3 is 10.1 Å². The topological polar surface area (TPSA) is 47.0 Å². The first-order valence-electron chi connectivity index (χ1n) is 5.88. The lowest BCUT2D eigenvalue weighted by molar-refractivity contribution is -0.141. The monoisotopic (exact) mass is 315 g/mol. The second-order valence-electron chi connectivity index (χ2n) is 3.94. The van der Waals surface area contributed by atoms with Gasteiger partial charge in [-0.1, -0.05) is 17.8 Å². The molecule has 0 aliphatic heterocycles. The maximum absolute atomic E-state index is 12.8. The Hall–Kier alpha value is -1.96. The van der Waals surface area contributed by atoms with Crippen molar-refractivity contribution in [1.82, 2.24) is 9.97 Å². The van der Waals surface area contributed by atoms with E-state index in [1.165, 1.54) is 14.2 Å². The van der Waals surface area contributed by atoms with Crippen molar-refractivity contribution in [3.8, 4) is 5.75 Å². The zero-order valence-corrected chi connectivity index (χ0v) is 12.0. The Labute approximate surface area is 123 Å². The third-order valence-corrected chi connectivity index (χ3v) is 3.39. The zero-order chi connectivity index (χ0) is 15.5. The molecular formula is C13H12F3N3OS. The van der Waals surface area contributed by atoms with E-state index in [0.29, 0.717) is 5.75 Å². The number of hydrogen-bond acceptors (Lipinski definition) is 5. The normalized spacial score (nSPS) is 11.3. The number of nitrogens with one attached hydrogen (secondary N) is 1. The van der Waals surface area contributed by atoms with E-state index in [-0.39, 0.29) is 11.0 Å². The van der Waals surface area contributed by atoms with Crippen molar-refractivity contribution >= 4 is 17.7 Å². The number of hydrogen-bond donors (Lipinski definition) is 1. The molecule has 2 aromatic rings. The van der Waals surface area contributed by atoms with Crippen LogP contribution in [0.25, 0.3) is 0 Å². The zero-order valence-electron chi connectivity index (χ0n) is 11.2. The maximum atomic E-state index is 12.8. The summed E-state index contributed by atoms with van der Waals surface area (Å²) < 4.78 is 43.5. The van der Waals surface area contributed by atoms with Gasteiger partial charge in [-0.25, -0.2) is 9.97 Å². The molecule has 1 heterocycles. The van der Waals surface area contributed by atoms with E-state index in [4.69, 9.17) is 4.74 Å². The van der Waals surface area contributed by atoms with Crippen molar-refractivity contribution in [2.45, 2.75) is 16.1 Å². The molecule has 8 heteroatoms. The standard InChI is InChI=1S/C13H12F3N3OS/c1-17-12-18-10(13(14,15)16)7-11(19-12)21-9-5-3-4-8(6-9)20-2/h3-7H,1-2H3,(H,17,18,19). The van der Waals surface area contributed by atoms with E-state index in [2.05, 4.69) is 15.3 Å². The molecule has 0 aliphatic carbocycles. The Balaban J connectivity index is 2.34. The van der Waals surface area contributed by atoms with E-state index in [0.717, 1.165) is 22.7 Å². The summed E-state index contributed by atoms with van der Waals surface area (Å²) in [6.07, 6.45) is -4.52. The number of ether oxygens (including phenoxy) is 1. The number of halogens is 3. The van der Waals surface area contributed by atoms with Crippen molar-refractivity contribution < 1.29 is 17.9 Å². The number of alkyl halides is 3. The molecule has 1 N–H and O–H groups in total. The van der Waals surface area contributed by atoms with Crippen molar-refractivity contribution in [1.29, 1.82) is 0 Å². The fraction of sp³-hybridized carbons (Fsp3) is 0.231. The molecule has 0 aliphatic rings. The summed E-state index contributed by atoms with van der Waals surface area (Å²) in [4.78, 5) is 8.15. The average molecular weight is 315 g/mol. The first kappa shape index (κ1) is 15.4. The number of methoxy groups -OCH3 is 1. The third-order valence-electron chi connectivity index (χ3n) is 2.48. The highest BCUT2D eigenvalue weighted by atomic mass is 32.2. The maximum Gasteiger partial charge on any atom is 0.433 e. The molecule has 0 bridgehead atoms. The van der Waals surface area contributed by atoms with E-state index in [1.54, 1.807) is 24.3 Å². The predicted octanol–water partition coefficient (Wildman–Crippen LogP) is 3.70. The molecule has 1 aromatic heterocycles. The Morgan fingerprint density at radius 1 is 1.19 bits per heavy atom. The van der Waals surface area contributed by atoms with Crippen molar-refractivity contribution in [3.63, 3.8) is 0 Å². The lowest BCUT2D eigenvalue weighted by Crippen LogP contribution is -2.11. The van der Waals surface area contributed by atoms with Gasteiger partial charge in [0.15, 0.2) is 5.69 Å². The molecular weight excluding hydrogens is 303 g/mol. The van der Waals surface area contributed by atoms with Gasteiger partial charge in [-0.2, -0.15) is 13.2 Å². The molecule has 0 saturated carbocycles. The minimum absolute atomic E-state index is 0.0739. The molecule has 0 fully saturated rings. The van der Waals surface area contributed by atoms with Gasteiger partial charge in [0.1, 0.15) is 10.8 Å². The molecule has 112 valence electrons. The van der Waals surface area contributed by atoms with Crippen LogP contribution in [0.15, 0.2) is 40.3 Å². The Morgan fingerprint density at radius 2 is 1.95 bits per heavy atom. The highest BCUT2D eigenvalue weighted by Crippen LogP contribution is 2.34. The molecule has 1 aromatic carbocycles. The minimum atomic E-state index is -4.52. The number of aromatic nitrogens is 2. The highest BCUT2D eigenvalue weighted by molar-refractivity contribution is 7.99. The van der Waals surface area contributed by atoms with Crippen molar-refractivity contribution in [2.24, 2.45) is 0 Å². The van der Waals surface area contributed by atoms with Crippen molar-refractivity contribution in [3.05, 3.63) is 36.0 Å². The lowest BCUT2D eigenvalue weighted by Gasteiger charge is -2.10. The van der Waals surface area contributed by atoms with Crippen molar-refractivity contribution in [2.75, 3.05) is 19.5 Å². The van der Waals surface area contributed by atoms with E-state index < -0.39 is 11.9 Å². The average Bonchev–Trinajstić information content (AvgIpc) is 2.46. The Kier molecular flexibility index (Phi) is 4.56. The summed E-state index contributed by atoms with van der Waals surface area (Å²) in [6, 6.07) is 7.92. The number of rotatable bonds is 4. The molecule has 0 unspecified atom stereocenters. The number of anilines is 1. The smallest absolute Gasteiger partial charge is 0.433 e. The second-order valence-corrected chi connectivity index (χ2v) is 5.04. The summed E-state index contributed by atoms with van der Waals surface area (Å²) >= 11 is 1.11. The van der Waals surface area contributed by atoms with E-state index >= 15 is 0 Å². The first-order chi connectivity index (χ1) is 9.92. The van der Waals surface area contributed by atoms with Crippen LogP contribution >= 0.6 is 11.8 Å². The summed E-state index contributed by atoms with van der Waals surface area (Å²) in [5, 5.41) is 2.73. The molecule has 4 nitrogen and oxygen atoms in total. The second kappa shape index (κ2) is 6.21. The van der Waals surface area contributed by atoms with Crippen LogP contribution in [-0.4, -0.2) is 24.1 Å². The molecule has 21 heavy (non-hydrogen) atoms. The van der Waals surface area contributed by atoms with E-state index in [1.807, 2.05) is 0 Å². The van der Waals surface area contributed by atoms with Gasteiger partial charge in [0, 0.05) is 18.0 Å².